The van der Waals surface area contributed by atoms with Crippen LogP contribution in [0.15, 0.2) is 0 Å². The van der Waals surface area contributed by atoms with E-state index >= 15 is 0 Å². The van der Waals surface area contributed by atoms with Crippen molar-refractivity contribution in [2.24, 2.45) is 11.8 Å². The predicted octanol–water partition coefficient (Wildman–Crippen LogP) is 2.80. The average Bonchev–Trinajstić information content (AvgIpc) is 2.34. The number of hydrogen-bond donors (Lipinski definition) is 1. The second-order valence-corrected chi connectivity index (χ2v) is 4.93. The molecule has 1 N–H and O–H groups in total. The lowest BCUT2D eigenvalue weighted by molar-refractivity contribution is 0.487. The van der Waals surface area contributed by atoms with Crippen molar-refractivity contribution in [3.8, 4) is 0 Å². The SMILES string of the molecule is CC(C)Cc1n[nH]c(=S)n1CC(C)C. The Hall–Kier alpha value is -0.640. The first-order valence-electron chi connectivity index (χ1n) is 5.14. The number of hydrogen-bond acceptors (Lipinski definition) is 2. The lowest BCUT2D eigenvalue weighted by Crippen LogP contribution is -2.10. The van der Waals surface area contributed by atoms with E-state index in [4.69, 9.17) is 12.2 Å². The Morgan fingerprint density at radius 3 is 2.43 bits per heavy atom. The molecule has 1 heterocycles. The minimum atomic E-state index is 0.602. The molecule has 14 heavy (non-hydrogen) atoms. The monoisotopic (exact) mass is 213 g/mol. The minimum absolute atomic E-state index is 0.602. The number of H-pyrrole nitrogens is 1. The highest BCUT2D eigenvalue weighted by Crippen LogP contribution is 2.08. The summed E-state index contributed by atoms with van der Waals surface area (Å²) in [5, 5.41) is 7.12. The van der Waals surface area contributed by atoms with Gasteiger partial charge in [0.1, 0.15) is 5.82 Å². The molecule has 0 aromatic carbocycles. The van der Waals surface area contributed by atoms with Crippen molar-refractivity contribution in [2.75, 3.05) is 0 Å². The molecule has 0 atom stereocenters. The third-order valence-electron chi connectivity index (χ3n) is 1.98. The topological polar surface area (TPSA) is 33.6 Å². The second-order valence-electron chi connectivity index (χ2n) is 4.55. The molecule has 0 aliphatic heterocycles. The maximum atomic E-state index is 5.19. The Kier molecular flexibility index (Phi) is 3.86. The fourth-order valence-corrected chi connectivity index (χ4v) is 1.65. The van der Waals surface area contributed by atoms with E-state index < -0.39 is 0 Å². The zero-order chi connectivity index (χ0) is 10.7. The minimum Gasteiger partial charge on any atom is -0.304 e. The van der Waals surface area contributed by atoms with Crippen molar-refractivity contribution < 1.29 is 0 Å². The summed E-state index contributed by atoms with van der Waals surface area (Å²) in [6, 6.07) is 0. The molecule has 0 amide bonds. The van der Waals surface area contributed by atoms with E-state index in [0.717, 1.165) is 23.6 Å². The predicted molar refractivity (Wildman–Crippen MR) is 60.8 cm³/mol. The fourth-order valence-electron chi connectivity index (χ4n) is 1.42. The molecule has 0 unspecified atom stereocenters. The first-order chi connectivity index (χ1) is 6.50. The van der Waals surface area contributed by atoms with E-state index in [1.807, 2.05) is 0 Å². The van der Waals surface area contributed by atoms with Crippen molar-refractivity contribution in [1.29, 1.82) is 0 Å². The van der Waals surface area contributed by atoms with Crippen LogP contribution >= 0.6 is 12.2 Å². The highest BCUT2D eigenvalue weighted by molar-refractivity contribution is 7.71. The molecule has 1 aromatic rings. The molecule has 0 aliphatic rings. The van der Waals surface area contributed by atoms with Crippen LogP contribution in [0.4, 0.5) is 0 Å². The molecule has 0 aliphatic carbocycles. The second kappa shape index (κ2) is 4.73. The molecule has 0 radical (unpaired) electrons. The van der Waals surface area contributed by atoms with Gasteiger partial charge < -0.3 is 4.57 Å². The summed E-state index contributed by atoms with van der Waals surface area (Å²) in [6.45, 7) is 9.72. The molecular formula is C10H19N3S. The number of nitrogens with one attached hydrogen (secondary N) is 1. The largest absolute Gasteiger partial charge is 0.304 e. The third-order valence-corrected chi connectivity index (χ3v) is 2.29. The van der Waals surface area contributed by atoms with Crippen molar-refractivity contribution in [3.63, 3.8) is 0 Å². The summed E-state index contributed by atoms with van der Waals surface area (Å²) in [5.74, 6) is 2.30. The molecule has 0 bridgehead atoms. The Labute approximate surface area is 90.5 Å². The average molecular weight is 213 g/mol. The van der Waals surface area contributed by atoms with Gasteiger partial charge in [-0.3, -0.25) is 5.10 Å². The number of aromatic amines is 1. The summed E-state index contributed by atoms with van der Waals surface area (Å²) in [7, 11) is 0. The summed E-state index contributed by atoms with van der Waals surface area (Å²) in [4.78, 5) is 0. The molecule has 80 valence electrons. The van der Waals surface area contributed by atoms with Gasteiger partial charge in [0.05, 0.1) is 0 Å². The first kappa shape index (κ1) is 11.4. The van der Waals surface area contributed by atoms with E-state index in [1.54, 1.807) is 0 Å². The Morgan fingerprint density at radius 2 is 1.93 bits per heavy atom. The van der Waals surface area contributed by atoms with Crippen LogP contribution in [0, 0.1) is 16.6 Å². The Bertz CT molecular complexity index is 335. The zero-order valence-electron chi connectivity index (χ0n) is 9.37. The molecule has 0 spiro atoms. The van der Waals surface area contributed by atoms with Crippen LogP contribution in [-0.4, -0.2) is 14.8 Å². The van der Waals surface area contributed by atoms with Gasteiger partial charge in [0, 0.05) is 13.0 Å². The van der Waals surface area contributed by atoms with Crippen LogP contribution in [0.1, 0.15) is 33.5 Å². The van der Waals surface area contributed by atoms with Crippen LogP contribution in [0.2, 0.25) is 0 Å². The molecule has 4 heteroatoms. The van der Waals surface area contributed by atoms with Gasteiger partial charge in [0.15, 0.2) is 4.77 Å². The summed E-state index contributed by atoms with van der Waals surface area (Å²) < 4.78 is 2.86. The van der Waals surface area contributed by atoms with Gasteiger partial charge in [0.2, 0.25) is 0 Å². The summed E-state index contributed by atoms with van der Waals surface area (Å²) in [5.41, 5.74) is 0. The van der Waals surface area contributed by atoms with Crippen molar-refractivity contribution in [3.05, 3.63) is 10.6 Å². The van der Waals surface area contributed by atoms with Gasteiger partial charge >= 0.3 is 0 Å². The van der Waals surface area contributed by atoms with Gasteiger partial charge in [0.25, 0.3) is 0 Å². The first-order valence-corrected chi connectivity index (χ1v) is 5.55. The van der Waals surface area contributed by atoms with E-state index in [0.29, 0.717) is 11.8 Å². The van der Waals surface area contributed by atoms with Gasteiger partial charge in [-0.25, -0.2) is 0 Å². The van der Waals surface area contributed by atoms with Crippen LogP contribution in [0.25, 0.3) is 0 Å². The van der Waals surface area contributed by atoms with Gasteiger partial charge in [-0.1, -0.05) is 27.7 Å². The van der Waals surface area contributed by atoms with Crippen molar-refractivity contribution in [1.82, 2.24) is 14.8 Å². The molecule has 1 rings (SSSR count). The highest BCUT2D eigenvalue weighted by Gasteiger charge is 2.08. The number of rotatable bonds is 4. The van der Waals surface area contributed by atoms with E-state index in [-0.39, 0.29) is 0 Å². The van der Waals surface area contributed by atoms with E-state index in [2.05, 4.69) is 42.5 Å². The molecule has 0 fully saturated rings. The van der Waals surface area contributed by atoms with Crippen molar-refractivity contribution in [2.45, 2.75) is 40.7 Å². The normalized spacial score (nSPS) is 11.6. The lowest BCUT2D eigenvalue weighted by Gasteiger charge is -2.10. The van der Waals surface area contributed by atoms with Crippen LogP contribution in [0.5, 0.6) is 0 Å². The zero-order valence-corrected chi connectivity index (χ0v) is 10.2. The van der Waals surface area contributed by atoms with Crippen LogP contribution in [-0.2, 0) is 13.0 Å². The molecule has 1 aromatic heterocycles. The number of aromatic nitrogens is 3. The van der Waals surface area contributed by atoms with Gasteiger partial charge in [-0.15, -0.1) is 0 Å². The van der Waals surface area contributed by atoms with Gasteiger partial charge in [-0.2, -0.15) is 5.10 Å². The standard InChI is InChI=1S/C10H19N3S/c1-7(2)5-9-11-12-10(14)13(9)6-8(3)4/h7-8H,5-6H2,1-4H3,(H,12,14). The van der Waals surface area contributed by atoms with Crippen LogP contribution in [0.3, 0.4) is 0 Å². The van der Waals surface area contributed by atoms with Crippen LogP contribution < -0.4 is 0 Å². The quantitative estimate of drug-likeness (QED) is 0.780. The maximum absolute atomic E-state index is 5.19. The van der Waals surface area contributed by atoms with E-state index in [1.165, 1.54) is 0 Å². The number of nitrogens with zero attached hydrogens (tertiary/aromatic N) is 2. The summed E-state index contributed by atoms with van der Waals surface area (Å²) >= 11 is 5.19. The fraction of sp³-hybridized carbons (Fsp3) is 0.800. The smallest absolute Gasteiger partial charge is 0.195 e. The Balaban J connectivity index is 2.88. The third kappa shape index (κ3) is 2.94. The molecular weight excluding hydrogens is 194 g/mol. The lowest BCUT2D eigenvalue weighted by atomic mass is 10.1. The molecule has 0 saturated heterocycles. The van der Waals surface area contributed by atoms with E-state index in [9.17, 15) is 0 Å². The van der Waals surface area contributed by atoms with Gasteiger partial charge in [-0.05, 0) is 24.1 Å². The van der Waals surface area contributed by atoms with Crippen molar-refractivity contribution >= 4 is 12.2 Å². The molecule has 3 nitrogen and oxygen atoms in total. The maximum Gasteiger partial charge on any atom is 0.195 e. The molecule has 0 saturated carbocycles. The summed E-state index contributed by atoms with van der Waals surface area (Å²) in [6.07, 6.45) is 0.986. The Morgan fingerprint density at radius 1 is 1.29 bits per heavy atom. The highest BCUT2D eigenvalue weighted by atomic mass is 32.1.